The summed E-state index contributed by atoms with van der Waals surface area (Å²) in [6.45, 7) is -0.877. The summed E-state index contributed by atoms with van der Waals surface area (Å²) in [5.41, 5.74) is 10.9. The van der Waals surface area contributed by atoms with E-state index in [1.807, 2.05) is 0 Å². The van der Waals surface area contributed by atoms with Crippen LogP contribution in [-0.4, -0.2) is 78.3 Å². The van der Waals surface area contributed by atoms with Crippen LogP contribution in [0.25, 0.3) is 0 Å². The molecule has 0 heterocycles. The fourth-order valence-electron chi connectivity index (χ4n) is 1.73. The topological polar surface area (TPSA) is 165 Å². The van der Waals surface area contributed by atoms with Gasteiger partial charge in [-0.05, 0) is 19.4 Å². The van der Waals surface area contributed by atoms with Crippen molar-refractivity contribution in [2.24, 2.45) is 11.5 Å². The summed E-state index contributed by atoms with van der Waals surface area (Å²) in [6, 6.07) is -0.853. The van der Waals surface area contributed by atoms with Gasteiger partial charge in [0.15, 0.2) is 6.61 Å². The largest absolute Gasteiger partial charge is 0.456 e. The molecule has 0 aromatic heterocycles. The molecule has 0 amide bonds. The van der Waals surface area contributed by atoms with E-state index in [2.05, 4.69) is 0 Å². The van der Waals surface area contributed by atoms with Crippen molar-refractivity contribution in [3.05, 3.63) is 0 Å². The van der Waals surface area contributed by atoms with Gasteiger partial charge in [-0.15, -0.1) is 0 Å². The maximum Gasteiger partial charge on any atom is 0.323 e. The maximum absolute atomic E-state index is 11.8. The van der Waals surface area contributed by atoms with E-state index in [-0.39, 0.29) is 0 Å². The summed E-state index contributed by atoms with van der Waals surface area (Å²) >= 11 is 0. The van der Waals surface area contributed by atoms with Crippen molar-refractivity contribution in [2.45, 2.75) is 43.6 Å². The molecule has 0 unspecified atom stereocenters. The maximum atomic E-state index is 11.8. The third kappa shape index (κ3) is 7.25. The molecule has 0 rings (SSSR count). The Bertz CT molecular complexity index is 340. The second-order valence-corrected chi connectivity index (χ2v) is 4.86. The number of esters is 1. The van der Waals surface area contributed by atoms with Crippen LogP contribution in [0.3, 0.4) is 0 Å². The number of ether oxygens (including phenoxy) is 2. The van der Waals surface area contributed by atoms with E-state index < -0.39 is 49.3 Å². The second kappa shape index (κ2) is 11.5. The lowest BCUT2D eigenvalue weighted by atomic mass is 10.0. The lowest BCUT2D eigenvalue weighted by Crippen LogP contribution is -2.46. The van der Waals surface area contributed by atoms with Gasteiger partial charge in [-0.25, -0.2) is 0 Å². The third-order valence-electron chi connectivity index (χ3n) is 3.09. The van der Waals surface area contributed by atoms with E-state index in [0.29, 0.717) is 19.4 Å². The number of rotatable bonds is 12. The highest BCUT2D eigenvalue weighted by Crippen LogP contribution is 2.07. The van der Waals surface area contributed by atoms with Crippen LogP contribution in [0.1, 0.15) is 19.3 Å². The predicted molar refractivity (Wildman–Crippen MR) is 76.7 cm³/mol. The van der Waals surface area contributed by atoms with Crippen LogP contribution in [0.2, 0.25) is 0 Å². The molecule has 0 fully saturated rings. The molecule has 0 aromatic rings. The Balaban J connectivity index is 4.31. The first-order valence-corrected chi connectivity index (χ1v) is 7.03. The van der Waals surface area contributed by atoms with Crippen LogP contribution >= 0.6 is 0 Å². The van der Waals surface area contributed by atoms with Crippen LogP contribution in [-0.2, 0) is 19.1 Å². The minimum Gasteiger partial charge on any atom is -0.456 e. The van der Waals surface area contributed by atoms with Gasteiger partial charge in [0.25, 0.3) is 0 Å². The molecule has 0 aromatic carbocycles. The Morgan fingerprint density at radius 1 is 1.23 bits per heavy atom. The number of aliphatic hydroxyl groups is 3. The number of hydrogen-bond acceptors (Lipinski definition) is 9. The number of Topliss-reactive ketones (excluding diaryl/α,β-unsaturated/α-hetero) is 1. The first-order chi connectivity index (χ1) is 10.4. The van der Waals surface area contributed by atoms with Crippen molar-refractivity contribution in [2.75, 3.05) is 26.9 Å². The van der Waals surface area contributed by atoms with Gasteiger partial charge in [-0.3, -0.25) is 9.59 Å². The van der Waals surface area contributed by atoms with Crippen LogP contribution in [0, 0.1) is 0 Å². The monoisotopic (exact) mass is 322 g/mol. The van der Waals surface area contributed by atoms with E-state index >= 15 is 0 Å². The minimum absolute atomic E-state index is 0.393. The van der Waals surface area contributed by atoms with Gasteiger partial charge in [-0.2, -0.15) is 0 Å². The lowest BCUT2D eigenvalue weighted by molar-refractivity contribution is -0.158. The quantitative estimate of drug-likeness (QED) is 0.189. The molecule has 0 saturated carbocycles. The molecule has 0 spiro atoms. The summed E-state index contributed by atoms with van der Waals surface area (Å²) in [7, 11) is 1.15. The normalized spacial score (nSPS) is 16.6. The Labute approximate surface area is 129 Å². The molecule has 0 saturated heterocycles. The molecule has 0 aliphatic carbocycles. The zero-order chi connectivity index (χ0) is 17.1. The summed E-state index contributed by atoms with van der Waals surface area (Å²) in [4.78, 5) is 23.4. The van der Waals surface area contributed by atoms with Gasteiger partial charge in [0.05, 0.1) is 6.61 Å². The highest BCUT2D eigenvalue weighted by atomic mass is 16.5. The Kier molecular flexibility index (Phi) is 10.9. The summed E-state index contributed by atoms with van der Waals surface area (Å²) in [6.07, 6.45) is -2.78. The fraction of sp³-hybridized carbons (Fsp3) is 0.846. The highest BCUT2D eigenvalue weighted by molar-refractivity contribution is 5.87. The molecule has 9 heteroatoms. The second-order valence-electron chi connectivity index (χ2n) is 4.86. The zero-order valence-electron chi connectivity index (χ0n) is 12.7. The number of carbonyl (C=O) groups is 2. The molecule has 7 N–H and O–H groups in total. The van der Waals surface area contributed by atoms with Gasteiger partial charge >= 0.3 is 5.97 Å². The van der Waals surface area contributed by atoms with Gasteiger partial charge in [0.2, 0.25) is 5.78 Å². The van der Waals surface area contributed by atoms with E-state index in [0.717, 1.165) is 13.5 Å². The van der Waals surface area contributed by atoms with Gasteiger partial charge in [0.1, 0.15) is 24.4 Å². The third-order valence-corrected chi connectivity index (χ3v) is 3.09. The SMILES string of the molecule is CO[C@H](C(=O)COC(=O)[C@@H](N)CCCCN)[C@H](O)[C@H](O)CO. The standard InChI is InChI=1S/C13H26N2O7/c1-21-12(11(19)9(17)6-16)10(18)7-22-13(20)8(15)4-2-3-5-14/h8-9,11-12,16-17,19H,2-7,14-15H2,1H3/t8-,9+,11+,12+/m0/s1. The minimum atomic E-state index is -1.63. The van der Waals surface area contributed by atoms with Crippen LogP contribution < -0.4 is 11.5 Å². The molecule has 4 atom stereocenters. The number of ketones is 1. The van der Waals surface area contributed by atoms with Crippen LogP contribution in [0.15, 0.2) is 0 Å². The van der Waals surface area contributed by atoms with Gasteiger partial charge in [0, 0.05) is 7.11 Å². The van der Waals surface area contributed by atoms with E-state index in [4.69, 9.17) is 26.0 Å². The average molecular weight is 322 g/mol. The molecule has 0 aliphatic rings. The first-order valence-electron chi connectivity index (χ1n) is 7.03. The van der Waals surface area contributed by atoms with Gasteiger partial charge in [-0.1, -0.05) is 6.42 Å². The number of hydrogen-bond donors (Lipinski definition) is 5. The van der Waals surface area contributed by atoms with Crippen molar-refractivity contribution in [3.63, 3.8) is 0 Å². The van der Waals surface area contributed by atoms with Crippen molar-refractivity contribution >= 4 is 11.8 Å². The van der Waals surface area contributed by atoms with Crippen molar-refractivity contribution in [1.82, 2.24) is 0 Å². The number of unbranched alkanes of at least 4 members (excludes halogenated alkanes) is 1. The molecule has 22 heavy (non-hydrogen) atoms. The molecule has 0 aliphatic heterocycles. The number of aliphatic hydroxyl groups excluding tert-OH is 3. The van der Waals surface area contributed by atoms with Crippen LogP contribution in [0.4, 0.5) is 0 Å². The smallest absolute Gasteiger partial charge is 0.323 e. The number of carbonyl (C=O) groups excluding carboxylic acids is 2. The Hall–Kier alpha value is -1.10. The van der Waals surface area contributed by atoms with Crippen molar-refractivity contribution < 1.29 is 34.4 Å². The Morgan fingerprint density at radius 2 is 1.86 bits per heavy atom. The number of nitrogens with two attached hydrogens (primary N) is 2. The lowest BCUT2D eigenvalue weighted by Gasteiger charge is -2.23. The fourth-order valence-corrected chi connectivity index (χ4v) is 1.73. The van der Waals surface area contributed by atoms with Crippen molar-refractivity contribution in [3.8, 4) is 0 Å². The molecular formula is C13H26N2O7. The van der Waals surface area contributed by atoms with E-state index in [1.165, 1.54) is 0 Å². The summed E-state index contributed by atoms with van der Waals surface area (Å²) in [5.74, 6) is -1.48. The van der Waals surface area contributed by atoms with E-state index in [9.17, 15) is 19.8 Å². The summed E-state index contributed by atoms with van der Waals surface area (Å²) < 4.78 is 9.52. The van der Waals surface area contributed by atoms with Crippen molar-refractivity contribution in [1.29, 1.82) is 0 Å². The molecular weight excluding hydrogens is 296 g/mol. The molecule has 0 radical (unpaired) electrons. The predicted octanol–water partition coefficient (Wildman–Crippen LogP) is -2.72. The molecule has 130 valence electrons. The summed E-state index contributed by atoms with van der Waals surface area (Å²) in [5, 5.41) is 27.7. The number of methoxy groups -OCH3 is 1. The molecule has 0 bridgehead atoms. The average Bonchev–Trinajstić information content (AvgIpc) is 2.52. The zero-order valence-corrected chi connectivity index (χ0v) is 12.7. The van der Waals surface area contributed by atoms with Gasteiger partial charge < -0.3 is 36.3 Å². The van der Waals surface area contributed by atoms with E-state index in [1.54, 1.807) is 0 Å². The first kappa shape index (κ1) is 20.9. The highest BCUT2D eigenvalue weighted by Gasteiger charge is 2.32. The Morgan fingerprint density at radius 3 is 2.36 bits per heavy atom. The van der Waals surface area contributed by atoms with Crippen LogP contribution in [0.5, 0.6) is 0 Å². The molecule has 9 nitrogen and oxygen atoms in total.